The Morgan fingerprint density at radius 3 is 2.60 bits per heavy atom. The summed E-state index contributed by atoms with van der Waals surface area (Å²) < 4.78 is 6.10. The molecule has 1 saturated heterocycles. The van der Waals surface area contributed by atoms with Gasteiger partial charge in [0.1, 0.15) is 0 Å². The Kier molecular flexibility index (Phi) is 6.01. The van der Waals surface area contributed by atoms with Crippen LogP contribution < -0.4 is 5.32 Å². The Balaban J connectivity index is 1.78. The molecule has 1 amide bonds. The van der Waals surface area contributed by atoms with E-state index in [1.54, 1.807) is 7.11 Å². The number of halogens is 1. The second-order valence-corrected chi connectivity index (χ2v) is 6.02. The third kappa shape index (κ3) is 4.58. The maximum Gasteiger partial charge on any atom is 0.227 e. The molecule has 0 spiro atoms. The summed E-state index contributed by atoms with van der Waals surface area (Å²) in [4.78, 5) is 14.6. The molecule has 4 nitrogen and oxygen atoms in total. The normalized spacial score (nSPS) is 17.1. The smallest absolute Gasteiger partial charge is 0.227 e. The number of rotatable bonds is 5. The van der Waals surface area contributed by atoms with Gasteiger partial charge in [0.2, 0.25) is 5.91 Å². The van der Waals surface area contributed by atoms with Gasteiger partial charge < -0.3 is 15.0 Å². The third-order valence-corrected chi connectivity index (χ3v) is 4.21. The van der Waals surface area contributed by atoms with Crippen LogP contribution in [0.1, 0.15) is 12.8 Å². The summed E-state index contributed by atoms with van der Waals surface area (Å²) >= 11 is 3.39. The van der Waals surface area contributed by atoms with Crippen LogP contribution in [0.4, 0.5) is 5.69 Å². The Morgan fingerprint density at radius 2 is 2.00 bits per heavy atom. The molecule has 1 fully saturated rings. The first-order valence-electron chi connectivity index (χ1n) is 6.97. The van der Waals surface area contributed by atoms with Crippen molar-refractivity contribution in [2.75, 3.05) is 38.7 Å². The minimum absolute atomic E-state index is 0.123. The SMILES string of the molecule is COCCN1CCC(C(=O)Nc2ccc(Br)cc2)CC1. The van der Waals surface area contributed by atoms with Gasteiger partial charge in [0.05, 0.1) is 6.61 Å². The summed E-state index contributed by atoms with van der Waals surface area (Å²) in [5.41, 5.74) is 0.861. The number of piperidine rings is 1. The number of methoxy groups -OCH3 is 1. The van der Waals surface area contributed by atoms with Crippen LogP contribution in [0.25, 0.3) is 0 Å². The summed E-state index contributed by atoms with van der Waals surface area (Å²) in [5, 5.41) is 2.99. The molecule has 1 aromatic carbocycles. The Bertz CT molecular complexity index is 428. The molecule has 1 aliphatic rings. The molecule has 1 aromatic rings. The molecule has 20 heavy (non-hydrogen) atoms. The summed E-state index contributed by atoms with van der Waals surface area (Å²) in [6, 6.07) is 7.69. The van der Waals surface area contributed by atoms with E-state index in [4.69, 9.17) is 4.74 Å². The lowest BCUT2D eigenvalue weighted by molar-refractivity contribution is -0.121. The second kappa shape index (κ2) is 7.76. The summed E-state index contributed by atoms with van der Waals surface area (Å²) in [5.74, 6) is 0.260. The van der Waals surface area contributed by atoms with Gasteiger partial charge in [-0.15, -0.1) is 0 Å². The van der Waals surface area contributed by atoms with Crippen molar-refractivity contribution in [3.63, 3.8) is 0 Å². The van der Waals surface area contributed by atoms with Gasteiger partial charge in [-0.25, -0.2) is 0 Å². The van der Waals surface area contributed by atoms with Crippen LogP contribution in [0.5, 0.6) is 0 Å². The monoisotopic (exact) mass is 340 g/mol. The Labute approximate surface area is 128 Å². The predicted octanol–water partition coefficient (Wildman–Crippen LogP) is 2.75. The number of ether oxygens (including phenoxy) is 1. The highest BCUT2D eigenvalue weighted by Gasteiger charge is 2.24. The molecule has 0 saturated carbocycles. The number of anilines is 1. The van der Waals surface area contributed by atoms with Crippen molar-refractivity contribution < 1.29 is 9.53 Å². The van der Waals surface area contributed by atoms with Gasteiger partial charge in [0.25, 0.3) is 0 Å². The number of amides is 1. The largest absolute Gasteiger partial charge is 0.383 e. The van der Waals surface area contributed by atoms with E-state index in [9.17, 15) is 4.79 Å². The summed E-state index contributed by atoms with van der Waals surface area (Å²) in [6.07, 6.45) is 1.85. The van der Waals surface area contributed by atoms with E-state index in [-0.39, 0.29) is 11.8 Å². The topological polar surface area (TPSA) is 41.6 Å². The zero-order chi connectivity index (χ0) is 14.4. The van der Waals surface area contributed by atoms with Crippen molar-refractivity contribution in [3.05, 3.63) is 28.7 Å². The molecule has 0 aromatic heterocycles. The molecular weight excluding hydrogens is 320 g/mol. The van der Waals surface area contributed by atoms with E-state index < -0.39 is 0 Å². The third-order valence-electron chi connectivity index (χ3n) is 3.68. The molecule has 1 heterocycles. The standard InChI is InChI=1S/C15H21BrN2O2/c1-20-11-10-18-8-6-12(7-9-18)15(19)17-14-4-2-13(16)3-5-14/h2-5,12H,6-11H2,1H3,(H,17,19). The van der Waals surface area contributed by atoms with Gasteiger partial charge in [-0.05, 0) is 50.2 Å². The van der Waals surface area contributed by atoms with E-state index >= 15 is 0 Å². The van der Waals surface area contributed by atoms with E-state index in [0.717, 1.165) is 49.2 Å². The fourth-order valence-corrected chi connectivity index (χ4v) is 2.68. The number of benzene rings is 1. The number of hydrogen-bond acceptors (Lipinski definition) is 3. The van der Waals surface area contributed by atoms with Crippen LogP contribution in [0, 0.1) is 5.92 Å². The number of carbonyl (C=O) groups excluding carboxylic acids is 1. The number of nitrogens with zero attached hydrogens (tertiary/aromatic N) is 1. The lowest BCUT2D eigenvalue weighted by Crippen LogP contribution is -2.39. The van der Waals surface area contributed by atoms with Crippen LogP contribution in [0.3, 0.4) is 0 Å². The van der Waals surface area contributed by atoms with Gasteiger partial charge in [-0.1, -0.05) is 15.9 Å². The molecule has 5 heteroatoms. The molecule has 0 atom stereocenters. The van der Waals surface area contributed by atoms with Crippen molar-refractivity contribution in [2.45, 2.75) is 12.8 Å². The number of nitrogens with one attached hydrogen (secondary N) is 1. The molecule has 0 unspecified atom stereocenters. The van der Waals surface area contributed by atoms with Crippen molar-refractivity contribution >= 4 is 27.5 Å². The molecule has 1 aliphatic heterocycles. The van der Waals surface area contributed by atoms with E-state index in [1.165, 1.54) is 0 Å². The second-order valence-electron chi connectivity index (χ2n) is 5.10. The van der Waals surface area contributed by atoms with Gasteiger partial charge >= 0.3 is 0 Å². The van der Waals surface area contributed by atoms with Crippen molar-refractivity contribution in [3.8, 4) is 0 Å². The minimum Gasteiger partial charge on any atom is -0.383 e. The number of hydrogen-bond donors (Lipinski definition) is 1. The maximum absolute atomic E-state index is 12.2. The van der Waals surface area contributed by atoms with Crippen molar-refractivity contribution in [1.82, 2.24) is 4.90 Å². The molecule has 0 radical (unpaired) electrons. The van der Waals surface area contributed by atoms with Crippen LogP contribution >= 0.6 is 15.9 Å². The van der Waals surface area contributed by atoms with Gasteiger partial charge in [-0.3, -0.25) is 4.79 Å². The average molecular weight is 341 g/mol. The fourth-order valence-electron chi connectivity index (χ4n) is 2.42. The molecular formula is C15H21BrN2O2. The van der Waals surface area contributed by atoms with Crippen LogP contribution in [-0.2, 0) is 9.53 Å². The first kappa shape index (κ1) is 15.5. The fraction of sp³-hybridized carbons (Fsp3) is 0.533. The van der Waals surface area contributed by atoms with Gasteiger partial charge in [-0.2, -0.15) is 0 Å². The van der Waals surface area contributed by atoms with E-state index in [2.05, 4.69) is 26.1 Å². The highest BCUT2D eigenvalue weighted by molar-refractivity contribution is 9.10. The molecule has 110 valence electrons. The first-order chi connectivity index (χ1) is 9.69. The maximum atomic E-state index is 12.2. The molecule has 0 aliphatic carbocycles. The predicted molar refractivity (Wildman–Crippen MR) is 83.8 cm³/mol. The van der Waals surface area contributed by atoms with Gasteiger partial charge in [0, 0.05) is 29.7 Å². The zero-order valence-corrected chi connectivity index (χ0v) is 13.4. The minimum atomic E-state index is 0.123. The zero-order valence-electron chi connectivity index (χ0n) is 11.8. The van der Waals surface area contributed by atoms with Crippen molar-refractivity contribution in [1.29, 1.82) is 0 Å². The highest BCUT2D eigenvalue weighted by atomic mass is 79.9. The lowest BCUT2D eigenvalue weighted by atomic mass is 9.96. The Hall–Kier alpha value is -0.910. The number of likely N-dealkylation sites (tertiary alicyclic amines) is 1. The molecule has 0 bridgehead atoms. The van der Waals surface area contributed by atoms with Crippen molar-refractivity contribution in [2.24, 2.45) is 5.92 Å². The van der Waals surface area contributed by atoms with Crippen LogP contribution in [-0.4, -0.2) is 44.2 Å². The average Bonchev–Trinajstić information content (AvgIpc) is 2.48. The first-order valence-corrected chi connectivity index (χ1v) is 7.76. The number of carbonyl (C=O) groups is 1. The van der Waals surface area contributed by atoms with Crippen LogP contribution in [0.15, 0.2) is 28.7 Å². The summed E-state index contributed by atoms with van der Waals surface area (Å²) in [7, 11) is 1.72. The van der Waals surface area contributed by atoms with E-state index in [0.29, 0.717) is 0 Å². The lowest BCUT2D eigenvalue weighted by Gasteiger charge is -2.30. The summed E-state index contributed by atoms with van der Waals surface area (Å²) in [6.45, 7) is 3.66. The Morgan fingerprint density at radius 1 is 1.35 bits per heavy atom. The van der Waals surface area contributed by atoms with E-state index in [1.807, 2.05) is 24.3 Å². The van der Waals surface area contributed by atoms with Crippen LogP contribution in [0.2, 0.25) is 0 Å². The molecule has 2 rings (SSSR count). The quantitative estimate of drug-likeness (QED) is 0.895. The molecule has 1 N–H and O–H groups in total. The highest BCUT2D eigenvalue weighted by Crippen LogP contribution is 2.20. The van der Waals surface area contributed by atoms with Gasteiger partial charge in [0.15, 0.2) is 0 Å².